The van der Waals surface area contributed by atoms with Crippen LogP contribution in [0, 0.1) is 0 Å². The van der Waals surface area contributed by atoms with E-state index >= 15 is 0 Å². The molecule has 0 aliphatic carbocycles. The van der Waals surface area contributed by atoms with E-state index < -0.39 is 0 Å². The van der Waals surface area contributed by atoms with Crippen molar-refractivity contribution in [2.75, 3.05) is 75.4 Å². The Morgan fingerprint density at radius 1 is 0.852 bits per heavy atom. The molecule has 0 radical (unpaired) electrons. The van der Waals surface area contributed by atoms with Crippen LogP contribution in [0.2, 0.25) is 0 Å². The normalized spacial score (nSPS) is 18.5. The molecule has 2 aliphatic rings. The highest BCUT2D eigenvalue weighted by molar-refractivity contribution is 5.50. The van der Waals surface area contributed by atoms with Crippen molar-refractivity contribution in [2.24, 2.45) is 0 Å². The molecule has 3 heterocycles. The molecule has 0 bridgehead atoms. The summed E-state index contributed by atoms with van der Waals surface area (Å²) in [6.07, 6.45) is 1.68. The lowest BCUT2D eigenvalue weighted by atomic mass is 10.3. The highest BCUT2D eigenvalue weighted by atomic mass is 16.5. The Kier molecular flexibility index (Phi) is 6.01. The Morgan fingerprint density at radius 3 is 2.22 bits per heavy atom. The summed E-state index contributed by atoms with van der Waals surface area (Å²) in [5.74, 6) is 2.96. The first-order chi connectivity index (χ1) is 13.4. The van der Waals surface area contributed by atoms with E-state index in [2.05, 4.69) is 30.7 Å². The van der Waals surface area contributed by atoms with Gasteiger partial charge in [-0.25, -0.2) is 9.97 Å². The van der Waals surface area contributed by atoms with Crippen molar-refractivity contribution in [1.29, 1.82) is 0 Å². The quantitative estimate of drug-likeness (QED) is 0.765. The average molecular weight is 369 g/mol. The first-order valence-electron chi connectivity index (χ1n) is 9.68. The molecule has 4 rings (SSSR count). The van der Waals surface area contributed by atoms with Crippen LogP contribution >= 0.6 is 0 Å². The zero-order valence-electron chi connectivity index (χ0n) is 15.7. The van der Waals surface area contributed by atoms with Gasteiger partial charge >= 0.3 is 0 Å². The van der Waals surface area contributed by atoms with Crippen molar-refractivity contribution in [3.63, 3.8) is 0 Å². The van der Waals surface area contributed by atoms with Gasteiger partial charge in [0.15, 0.2) is 0 Å². The van der Waals surface area contributed by atoms with Gasteiger partial charge in [-0.3, -0.25) is 4.90 Å². The number of aromatic nitrogens is 2. The van der Waals surface area contributed by atoms with Gasteiger partial charge in [-0.15, -0.1) is 0 Å². The summed E-state index contributed by atoms with van der Waals surface area (Å²) >= 11 is 0. The summed E-state index contributed by atoms with van der Waals surface area (Å²) in [4.78, 5) is 16.0. The van der Waals surface area contributed by atoms with Crippen LogP contribution < -0.4 is 14.5 Å². The molecule has 0 amide bonds. The third-order valence-corrected chi connectivity index (χ3v) is 5.09. The van der Waals surface area contributed by atoms with Crippen LogP contribution in [0.1, 0.15) is 0 Å². The lowest BCUT2D eigenvalue weighted by molar-refractivity contribution is 0.122. The van der Waals surface area contributed by atoms with Gasteiger partial charge < -0.3 is 19.3 Å². The number of hydrogen-bond acceptors (Lipinski definition) is 7. The molecule has 0 spiro atoms. The fourth-order valence-electron chi connectivity index (χ4n) is 3.49. The first kappa shape index (κ1) is 18.0. The van der Waals surface area contributed by atoms with Crippen molar-refractivity contribution in [1.82, 2.24) is 14.9 Å². The van der Waals surface area contributed by atoms with Gasteiger partial charge in [0.05, 0.1) is 13.2 Å². The number of hydrogen-bond donors (Lipinski definition) is 0. The van der Waals surface area contributed by atoms with Gasteiger partial charge in [-0.05, 0) is 12.1 Å². The predicted molar refractivity (Wildman–Crippen MR) is 106 cm³/mol. The smallest absolute Gasteiger partial charge is 0.134 e. The molecular formula is C20H27N5O2. The SMILES string of the molecule is c1ccc(OCCN2CCN(c3cc(N4CCOCC4)ncn3)CC2)cc1. The number of piperazine rings is 1. The lowest BCUT2D eigenvalue weighted by Gasteiger charge is -2.35. The molecule has 7 heteroatoms. The molecule has 1 aromatic carbocycles. The zero-order chi connectivity index (χ0) is 18.3. The lowest BCUT2D eigenvalue weighted by Crippen LogP contribution is -2.47. The molecule has 2 saturated heterocycles. The van der Waals surface area contributed by atoms with Gasteiger partial charge in [0, 0.05) is 51.9 Å². The molecule has 0 saturated carbocycles. The number of ether oxygens (including phenoxy) is 2. The van der Waals surface area contributed by atoms with Crippen LogP contribution in [0.3, 0.4) is 0 Å². The largest absolute Gasteiger partial charge is 0.492 e. The topological polar surface area (TPSA) is 54.0 Å². The molecule has 0 unspecified atom stereocenters. The van der Waals surface area contributed by atoms with Crippen molar-refractivity contribution in [3.8, 4) is 5.75 Å². The molecule has 1 aromatic heterocycles. The Balaban J connectivity index is 1.25. The summed E-state index contributed by atoms with van der Waals surface area (Å²) in [6.45, 7) is 8.99. The predicted octanol–water partition coefficient (Wildman–Crippen LogP) is 1.51. The van der Waals surface area contributed by atoms with Gasteiger partial charge in [-0.2, -0.15) is 0 Å². The highest BCUT2D eigenvalue weighted by Gasteiger charge is 2.20. The van der Waals surface area contributed by atoms with E-state index in [9.17, 15) is 0 Å². The maximum atomic E-state index is 5.81. The summed E-state index contributed by atoms with van der Waals surface area (Å²) in [7, 11) is 0. The molecular weight excluding hydrogens is 342 g/mol. The van der Waals surface area contributed by atoms with Crippen molar-refractivity contribution in [2.45, 2.75) is 0 Å². The second kappa shape index (κ2) is 9.01. The van der Waals surface area contributed by atoms with Crippen molar-refractivity contribution >= 4 is 11.6 Å². The maximum absolute atomic E-state index is 5.81. The van der Waals surface area contributed by atoms with Gasteiger partial charge in [0.25, 0.3) is 0 Å². The zero-order valence-corrected chi connectivity index (χ0v) is 15.7. The molecule has 0 atom stereocenters. The van der Waals surface area contributed by atoms with Crippen LogP contribution in [0.15, 0.2) is 42.7 Å². The van der Waals surface area contributed by atoms with Crippen molar-refractivity contribution in [3.05, 3.63) is 42.7 Å². The Bertz CT molecular complexity index is 701. The number of morpholine rings is 1. The van der Waals surface area contributed by atoms with E-state index in [0.717, 1.165) is 83.0 Å². The summed E-state index contributed by atoms with van der Waals surface area (Å²) in [6, 6.07) is 12.1. The number of anilines is 2. The molecule has 27 heavy (non-hydrogen) atoms. The summed E-state index contributed by atoms with van der Waals surface area (Å²) in [5, 5.41) is 0. The Labute approximate surface area is 160 Å². The van der Waals surface area contributed by atoms with E-state index in [4.69, 9.17) is 9.47 Å². The monoisotopic (exact) mass is 369 g/mol. The molecule has 2 aromatic rings. The van der Waals surface area contributed by atoms with Crippen LogP contribution in [-0.4, -0.2) is 80.5 Å². The fourth-order valence-corrected chi connectivity index (χ4v) is 3.49. The molecule has 144 valence electrons. The average Bonchev–Trinajstić information content (AvgIpc) is 2.76. The van der Waals surface area contributed by atoms with E-state index in [0.29, 0.717) is 0 Å². The molecule has 2 aliphatic heterocycles. The van der Waals surface area contributed by atoms with Gasteiger partial charge in [0.2, 0.25) is 0 Å². The van der Waals surface area contributed by atoms with E-state index in [1.54, 1.807) is 6.33 Å². The third-order valence-electron chi connectivity index (χ3n) is 5.09. The van der Waals surface area contributed by atoms with Crippen molar-refractivity contribution < 1.29 is 9.47 Å². The highest BCUT2D eigenvalue weighted by Crippen LogP contribution is 2.19. The minimum atomic E-state index is 0.721. The summed E-state index contributed by atoms with van der Waals surface area (Å²) in [5.41, 5.74) is 0. The number of benzene rings is 1. The van der Waals surface area contributed by atoms with Gasteiger partial charge in [-0.1, -0.05) is 18.2 Å². The second-order valence-electron chi connectivity index (χ2n) is 6.82. The third kappa shape index (κ3) is 4.87. The van der Waals surface area contributed by atoms with Crippen LogP contribution in [0.25, 0.3) is 0 Å². The minimum Gasteiger partial charge on any atom is -0.492 e. The van der Waals surface area contributed by atoms with E-state index in [-0.39, 0.29) is 0 Å². The van der Waals surface area contributed by atoms with Crippen LogP contribution in [-0.2, 0) is 4.74 Å². The molecule has 0 N–H and O–H groups in total. The van der Waals surface area contributed by atoms with E-state index in [1.165, 1.54) is 0 Å². The Morgan fingerprint density at radius 2 is 1.52 bits per heavy atom. The number of rotatable bonds is 6. The maximum Gasteiger partial charge on any atom is 0.134 e. The van der Waals surface area contributed by atoms with E-state index in [1.807, 2.05) is 30.3 Å². The fraction of sp³-hybridized carbons (Fsp3) is 0.500. The Hall–Kier alpha value is -2.38. The first-order valence-corrected chi connectivity index (χ1v) is 9.68. The molecule has 2 fully saturated rings. The van der Waals surface area contributed by atoms with Gasteiger partial charge in [0.1, 0.15) is 30.3 Å². The summed E-state index contributed by atoms with van der Waals surface area (Å²) < 4.78 is 11.2. The standard InChI is InChI=1S/C20H27N5O2/c1-2-4-18(5-3-1)27-15-10-23-6-8-24(9-7-23)19-16-20(22-17-21-19)25-11-13-26-14-12-25/h1-5,16-17H,6-15H2. The molecule has 7 nitrogen and oxygen atoms in total. The minimum absolute atomic E-state index is 0.721. The number of nitrogens with zero attached hydrogens (tertiary/aromatic N) is 5. The van der Waals surface area contributed by atoms with Crippen LogP contribution in [0.5, 0.6) is 5.75 Å². The van der Waals surface area contributed by atoms with Crippen LogP contribution in [0.4, 0.5) is 11.6 Å². The second-order valence-corrected chi connectivity index (χ2v) is 6.82. The number of para-hydroxylation sites is 1.